The largest absolute Gasteiger partial charge is 0.497 e. The van der Waals surface area contributed by atoms with Crippen LogP contribution in [-0.2, 0) is 20.8 Å². The molecule has 1 heterocycles. The van der Waals surface area contributed by atoms with Gasteiger partial charge in [0, 0.05) is 43.7 Å². The standard InChI is InChI=1S/C50H65N3O11/c1-7-23-53(46(56)28-33-15-14-17-35(27-33)58-4)45-32-42(52-62-9-3)39-29-34(16-10-12-24-54)38(18-11-13-25-55)47-40-30-37(20-22-43(40)64-50(45,48(39)47)61-26-8-2)63-49(57)51-41-21-19-36(59-5)31-44(41)60-6/h8,14-15,17,19-22,27,29-31,34,38,45,47-48,54-55H,2,7,9-13,16,18,23-26,28,32H2,1,3-6H3,(H,51,57)/t34-,38+,45-,47+,48+,50+/m0/s1. The van der Waals surface area contributed by atoms with Crippen LogP contribution in [0.4, 0.5) is 10.5 Å². The van der Waals surface area contributed by atoms with Gasteiger partial charge < -0.3 is 48.4 Å². The van der Waals surface area contributed by atoms with Crippen LogP contribution in [0.15, 0.2) is 90.1 Å². The van der Waals surface area contributed by atoms with E-state index >= 15 is 0 Å². The number of anilines is 1. The van der Waals surface area contributed by atoms with Crippen molar-refractivity contribution < 1.29 is 53.1 Å². The van der Waals surface area contributed by atoms with Crippen LogP contribution >= 0.6 is 0 Å². The second kappa shape index (κ2) is 22.9. The molecule has 0 saturated heterocycles. The first-order valence-corrected chi connectivity index (χ1v) is 22.5. The molecule has 1 fully saturated rings. The van der Waals surface area contributed by atoms with Crippen molar-refractivity contribution in [2.45, 2.75) is 89.4 Å². The van der Waals surface area contributed by atoms with E-state index in [1.165, 1.54) is 7.11 Å². The lowest BCUT2D eigenvalue weighted by molar-refractivity contribution is -0.257. The molecule has 14 nitrogen and oxygen atoms in total. The molecular weight excluding hydrogens is 819 g/mol. The van der Waals surface area contributed by atoms with Crippen molar-refractivity contribution in [3.63, 3.8) is 0 Å². The molecule has 0 unspecified atom stereocenters. The normalized spacial score (nSPS) is 22.5. The summed E-state index contributed by atoms with van der Waals surface area (Å²) in [5.74, 6) is 0.168. The predicted octanol–water partition coefficient (Wildman–Crippen LogP) is 8.46. The maximum Gasteiger partial charge on any atom is 0.417 e. The number of ether oxygens (including phenoxy) is 6. The molecule has 3 N–H and O–H groups in total. The Morgan fingerprint density at radius 2 is 1.69 bits per heavy atom. The summed E-state index contributed by atoms with van der Waals surface area (Å²) in [5, 5.41) is 27.5. The van der Waals surface area contributed by atoms with E-state index in [2.05, 4.69) is 18.0 Å². The van der Waals surface area contributed by atoms with E-state index in [4.69, 9.17) is 38.4 Å². The molecule has 2 amide bonds. The highest BCUT2D eigenvalue weighted by atomic mass is 16.7. The maximum absolute atomic E-state index is 14.8. The van der Waals surface area contributed by atoms with Gasteiger partial charge in [-0.15, -0.1) is 6.58 Å². The topological polar surface area (TPSA) is 167 Å². The Kier molecular flexibility index (Phi) is 17.1. The molecule has 1 saturated carbocycles. The van der Waals surface area contributed by atoms with Gasteiger partial charge in [0.05, 0.1) is 51.7 Å². The van der Waals surface area contributed by atoms with Crippen LogP contribution in [0.25, 0.3) is 0 Å². The fraction of sp³-hybridized carbons (Fsp3) is 0.500. The molecule has 346 valence electrons. The first-order valence-electron chi connectivity index (χ1n) is 22.5. The van der Waals surface area contributed by atoms with Gasteiger partial charge in [0.15, 0.2) is 0 Å². The Hall–Kier alpha value is -5.57. The number of oxime groups is 1. The summed E-state index contributed by atoms with van der Waals surface area (Å²) in [6.07, 6.45) is 8.74. The van der Waals surface area contributed by atoms with Gasteiger partial charge in [0.25, 0.3) is 0 Å². The number of methoxy groups -OCH3 is 3. The highest BCUT2D eigenvalue weighted by Gasteiger charge is 2.65. The van der Waals surface area contributed by atoms with Crippen molar-refractivity contribution in [2.75, 3.05) is 59.6 Å². The minimum atomic E-state index is -1.42. The molecule has 1 aliphatic heterocycles. The van der Waals surface area contributed by atoms with Crippen molar-refractivity contribution in [3.05, 3.63) is 96.1 Å². The van der Waals surface area contributed by atoms with E-state index in [0.717, 1.165) is 42.4 Å². The van der Waals surface area contributed by atoms with Gasteiger partial charge in [-0.25, -0.2) is 4.79 Å². The number of fused-ring (bicyclic) bond motifs is 2. The molecule has 3 aliphatic rings. The van der Waals surface area contributed by atoms with E-state index in [1.54, 1.807) is 44.6 Å². The fourth-order valence-electron chi connectivity index (χ4n) is 9.75. The Morgan fingerprint density at radius 3 is 2.39 bits per heavy atom. The number of benzene rings is 3. The average Bonchev–Trinajstić information content (AvgIpc) is 3.30. The van der Waals surface area contributed by atoms with E-state index in [9.17, 15) is 19.8 Å². The van der Waals surface area contributed by atoms with Gasteiger partial charge in [-0.2, -0.15) is 0 Å². The molecule has 14 heteroatoms. The summed E-state index contributed by atoms with van der Waals surface area (Å²) in [7, 11) is 4.66. The van der Waals surface area contributed by atoms with Crippen molar-refractivity contribution in [3.8, 4) is 28.7 Å². The van der Waals surface area contributed by atoms with Crippen molar-refractivity contribution in [2.24, 2.45) is 22.9 Å². The number of nitrogens with zero attached hydrogens (tertiary/aromatic N) is 2. The molecule has 0 spiro atoms. The number of unbranched alkanes of at least 4 members (excludes halogenated alkanes) is 2. The fourth-order valence-corrected chi connectivity index (χ4v) is 9.75. The molecule has 6 rings (SSSR count). The average molecular weight is 884 g/mol. The Bertz CT molecular complexity index is 2120. The van der Waals surface area contributed by atoms with Gasteiger partial charge in [-0.3, -0.25) is 10.1 Å². The molecule has 0 radical (unpaired) electrons. The van der Waals surface area contributed by atoms with Crippen LogP contribution in [0.1, 0.15) is 82.3 Å². The summed E-state index contributed by atoms with van der Waals surface area (Å²) >= 11 is 0. The lowest BCUT2D eigenvalue weighted by Gasteiger charge is -2.60. The number of amides is 2. The summed E-state index contributed by atoms with van der Waals surface area (Å²) in [6, 6.07) is 17.3. The second-order valence-electron chi connectivity index (χ2n) is 16.4. The Labute approximate surface area is 377 Å². The smallest absolute Gasteiger partial charge is 0.417 e. The third-order valence-electron chi connectivity index (χ3n) is 12.5. The van der Waals surface area contributed by atoms with E-state index < -0.39 is 23.8 Å². The zero-order valence-corrected chi connectivity index (χ0v) is 37.9. The molecule has 3 aromatic carbocycles. The van der Waals surface area contributed by atoms with Gasteiger partial charge >= 0.3 is 6.09 Å². The van der Waals surface area contributed by atoms with Gasteiger partial charge in [0.1, 0.15) is 41.4 Å². The third kappa shape index (κ3) is 10.7. The highest BCUT2D eigenvalue weighted by molar-refractivity contribution is 6.03. The number of aliphatic hydroxyl groups is 2. The highest BCUT2D eigenvalue weighted by Crippen LogP contribution is 2.62. The first kappa shape index (κ1) is 47.9. The minimum absolute atomic E-state index is 0.0137. The number of rotatable bonds is 23. The number of carbonyl (C=O) groups is 2. The molecule has 2 aliphatic carbocycles. The summed E-state index contributed by atoms with van der Waals surface area (Å²) in [5.41, 5.74) is 3.67. The first-order chi connectivity index (χ1) is 31.2. The molecule has 6 atom stereocenters. The second-order valence-corrected chi connectivity index (χ2v) is 16.4. The molecule has 0 aromatic heterocycles. The number of aliphatic hydroxyl groups excluding tert-OH is 2. The summed E-state index contributed by atoms with van der Waals surface area (Å²) in [4.78, 5) is 36.2. The Morgan fingerprint density at radius 1 is 0.938 bits per heavy atom. The molecular formula is C50H65N3O11. The number of hydrogen-bond acceptors (Lipinski definition) is 12. The zero-order valence-electron chi connectivity index (χ0n) is 37.9. The van der Waals surface area contributed by atoms with E-state index in [1.807, 2.05) is 55.1 Å². The van der Waals surface area contributed by atoms with Crippen molar-refractivity contribution >= 4 is 23.4 Å². The zero-order chi connectivity index (χ0) is 45.6. The minimum Gasteiger partial charge on any atom is -0.497 e. The molecule has 3 aromatic rings. The van der Waals surface area contributed by atoms with Crippen molar-refractivity contribution in [1.82, 2.24) is 4.90 Å². The lowest BCUT2D eigenvalue weighted by Crippen LogP contribution is -2.70. The van der Waals surface area contributed by atoms with E-state index in [-0.39, 0.29) is 49.9 Å². The summed E-state index contributed by atoms with van der Waals surface area (Å²) in [6.45, 7) is 9.00. The summed E-state index contributed by atoms with van der Waals surface area (Å²) < 4.78 is 36.7. The number of hydrogen-bond donors (Lipinski definition) is 3. The number of carbonyl (C=O) groups excluding carboxylic acids is 2. The van der Waals surface area contributed by atoms with E-state index in [0.29, 0.717) is 79.0 Å². The predicted molar refractivity (Wildman–Crippen MR) is 244 cm³/mol. The van der Waals surface area contributed by atoms with Crippen LogP contribution in [0.5, 0.6) is 28.7 Å². The quantitative estimate of drug-likeness (QED) is 0.0475. The van der Waals surface area contributed by atoms with Crippen LogP contribution in [0, 0.1) is 17.8 Å². The van der Waals surface area contributed by atoms with Crippen molar-refractivity contribution in [1.29, 1.82) is 0 Å². The van der Waals surface area contributed by atoms with Gasteiger partial charge in [-0.05, 0) is 104 Å². The molecule has 64 heavy (non-hydrogen) atoms. The Balaban J connectivity index is 1.52. The third-order valence-corrected chi connectivity index (χ3v) is 12.5. The van der Waals surface area contributed by atoms with Crippen LogP contribution in [-0.4, -0.2) is 99.0 Å². The lowest BCUT2D eigenvalue weighted by atomic mass is 9.55. The number of nitrogens with one attached hydrogen (secondary N) is 1. The van der Waals surface area contributed by atoms with Gasteiger partial charge in [-0.1, -0.05) is 49.2 Å². The van der Waals surface area contributed by atoms with Crippen LogP contribution < -0.4 is 29.0 Å². The monoisotopic (exact) mass is 883 g/mol. The number of allylic oxidation sites excluding steroid dienone is 1. The van der Waals surface area contributed by atoms with Gasteiger partial charge in [0.2, 0.25) is 11.7 Å². The van der Waals surface area contributed by atoms with Crippen LogP contribution in [0.3, 0.4) is 0 Å². The molecule has 0 bridgehead atoms. The van der Waals surface area contributed by atoms with Crippen LogP contribution in [0.2, 0.25) is 0 Å². The maximum atomic E-state index is 14.8. The SMILES string of the molecule is C=CCO[C@@]12Oc3ccc(OC(=O)Nc4ccc(OC)cc4OC)cc3[C@H]3[C@H](CCCCO)[C@@H](CCCCO)C=C(C(=NOCC)C[C@@H]1N(CCC)C(=O)Cc1cccc(OC)c1)[C@H]32.